The lowest BCUT2D eigenvalue weighted by atomic mass is 10.1. The molecule has 3 aromatic carbocycles. The number of nitrogens with zero attached hydrogens (tertiary/aromatic N) is 1. The summed E-state index contributed by atoms with van der Waals surface area (Å²) in [6.07, 6.45) is 0. The zero-order valence-electron chi connectivity index (χ0n) is 14.8. The van der Waals surface area contributed by atoms with Gasteiger partial charge in [0.05, 0.1) is 22.3 Å². The van der Waals surface area contributed by atoms with Crippen molar-refractivity contribution in [3.63, 3.8) is 0 Å². The number of anilines is 1. The van der Waals surface area contributed by atoms with Crippen LogP contribution >= 0.6 is 0 Å². The van der Waals surface area contributed by atoms with E-state index < -0.39 is 5.97 Å². The maximum Gasteiger partial charge on any atom is 0.337 e. The number of rotatable bonds is 4. The summed E-state index contributed by atoms with van der Waals surface area (Å²) in [6.45, 7) is -0.0603. The Morgan fingerprint density at radius 2 is 1.36 bits per heavy atom. The molecular formula is C22H16N2O4. The number of benzene rings is 3. The lowest BCUT2D eigenvalue weighted by molar-refractivity contribution is -0.116. The topological polar surface area (TPSA) is 88.4 Å². The number of aromatic nitrogens is 1. The number of carboxylic acid groups (broad SMARTS) is 1. The van der Waals surface area contributed by atoms with Crippen LogP contribution < -0.4 is 10.7 Å². The largest absolute Gasteiger partial charge is 0.478 e. The van der Waals surface area contributed by atoms with Crippen molar-refractivity contribution in [1.29, 1.82) is 0 Å². The maximum atomic E-state index is 12.8. The highest BCUT2D eigenvalue weighted by Gasteiger charge is 2.15. The molecule has 0 aliphatic heterocycles. The van der Waals surface area contributed by atoms with Gasteiger partial charge >= 0.3 is 5.97 Å². The Bertz CT molecular complexity index is 1230. The van der Waals surface area contributed by atoms with Crippen LogP contribution in [0.15, 0.2) is 77.6 Å². The Balaban J connectivity index is 1.79. The van der Waals surface area contributed by atoms with Gasteiger partial charge in [-0.3, -0.25) is 9.59 Å². The number of amides is 1. The van der Waals surface area contributed by atoms with Crippen LogP contribution in [0.5, 0.6) is 0 Å². The Morgan fingerprint density at radius 1 is 0.821 bits per heavy atom. The van der Waals surface area contributed by atoms with E-state index in [1.807, 2.05) is 12.1 Å². The molecule has 28 heavy (non-hydrogen) atoms. The van der Waals surface area contributed by atoms with Crippen LogP contribution in [0.25, 0.3) is 21.8 Å². The third-order valence-electron chi connectivity index (χ3n) is 4.61. The predicted octanol–water partition coefficient (Wildman–Crippen LogP) is 3.49. The number of pyridine rings is 1. The number of carbonyl (C=O) groups is 2. The zero-order chi connectivity index (χ0) is 19.7. The van der Waals surface area contributed by atoms with Crippen LogP contribution in [0, 0.1) is 0 Å². The molecule has 4 rings (SSSR count). The van der Waals surface area contributed by atoms with Gasteiger partial charge in [-0.25, -0.2) is 4.79 Å². The number of carboxylic acids is 1. The molecule has 2 N–H and O–H groups in total. The average Bonchev–Trinajstić information content (AvgIpc) is 2.71. The van der Waals surface area contributed by atoms with Gasteiger partial charge in [0.25, 0.3) is 0 Å². The van der Waals surface area contributed by atoms with E-state index in [1.165, 1.54) is 6.07 Å². The van der Waals surface area contributed by atoms with Crippen LogP contribution in [0.3, 0.4) is 0 Å². The third-order valence-corrected chi connectivity index (χ3v) is 4.61. The lowest BCUT2D eigenvalue weighted by Gasteiger charge is -2.15. The summed E-state index contributed by atoms with van der Waals surface area (Å²) in [5.74, 6) is -1.50. The first-order valence-electron chi connectivity index (χ1n) is 8.69. The van der Waals surface area contributed by atoms with Crippen molar-refractivity contribution in [2.75, 3.05) is 5.32 Å². The number of hydrogen-bond donors (Lipinski definition) is 2. The minimum atomic E-state index is -1.12. The number of carbonyl (C=O) groups excluding carboxylic acids is 1. The Kier molecular flexibility index (Phi) is 4.37. The first-order valence-corrected chi connectivity index (χ1v) is 8.69. The summed E-state index contributed by atoms with van der Waals surface area (Å²) < 4.78 is 1.77. The van der Waals surface area contributed by atoms with E-state index in [-0.39, 0.29) is 29.1 Å². The van der Waals surface area contributed by atoms with Crippen molar-refractivity contribution >= 4 is 39.4 Å². The van der Waals surface area contributed by atoms with Gasteiger partial charge in [0.1, 0.15) is 6.54 Å². The molecule has 1 heterocycles. The average molecular weight is 372 g/mol. The highest BCUT2D eigenvalue weighted by Crippen LogP contribution is 2.20. The molecule has 0 atom stereocenters. The van der Waals surface area contributed by atoms with Crippen molar-refractivity contribution in [1.82, 2.24) is 4.57 Å². The molecule has 1 aromatic heterocycles. The molecule has 6 nitrogen and oxygen atoms in total. The van der Waals surface area contributed by atoms with Crippen molar-refractivity contribution < 1.29 is 14.7 Å². The van der Waals surface area contributed by atoms with Gasteiger partial charge in [0.2, 0.25) is 5.91 Å². The first kappa shape index (κ1) is 17.5. The molecule has 0 saturated carbocycles. The molecule has 0 fully saturated rings. The normalized spacial score (nSPS) is 10.9. The summed E-state index contributed by atoms with van der Waals surface area (Å²) in [7, 11) is 0. The van der Waals surface area contributed by atoms with Crippen molar-refractivity contribution in [2.24, 2.45) is 0 Å². The predicted molar refractivity (Wildman–Crippen MR) is 108 cm³/mol. The van der Waals surface area contributed by atoms with Crippen LogP contribution in [0.2, 0.25) is 0 Å². The van der Waals surface area contributed by atoms with Gasteiger partial charge in [-0.05, 0) is 36.4 Å². The quantitative estimate of drug-likeness (QED) is 0.537. The minimum Gasteiger partial charge on any atom is -0.478 e. The first-order chi connectivity index (χ1) is 13.6. The second-order valence-electron chi connectivity index (χ2n) is 6.35. The number of para-hydroxylation sites is 3. The van der Waals surface area contributed by atoms with E-state index in [0.717, 1.165) is 0 Å². The molecule has 0 saturated heterocycles. The van der Waals surface area contributed by atoms with Crippen LogP contribution in [-0.2, 0) is 11.3 Å². The van der Waals surface area contributed by atoms with Gasteiger partial charge in [-0.2, -0.15) is 0 Å². The second kappa shape index (κ2) is 7.00. The third kappa shape index (κ3) is 3.01. The van der Waals surface area contributed by atoms with E-state index in [2.05, 4.69) is 5.32 Å². The van der Waals surface area contributed by atoms with Gasteiger partial charge < -0.3 is 15.0 Å². The lowest BCUT2D eigenvalue weighted by Crippen LogP contribution is -2.22. The molecule has 0 spiro atoms. The number of hydrogen-bond acceptors (Lipinski definition) is 3. The number of nitrogens with one attached hydrogen (secondary N) is 1. The summed E-state index contributed by atoms with van der Waals surface area (Å²) >= 11 is 0. The van der Waals surface area contributed by atoms with Crippen molar-refractivity contribution in [3.8, 4) is 0 Å². The smallest absolute Gasteiger partial charge is 0.337 e. The van der Waals surface area contributed by atoms with Crippen LogP contribution in [-0.4, -0.2) is 21.6 Å². The van der Waals surface area contributed by atoms with E-state index in [1.54, 1.807) is 59.2 Å². The Morgan fingerprint density at radius 3 is 1.96 bits per heavy atom. The number of aromatic carboxylic acids is 1. The van der Waals surface area contributed by atoms with Gasteiger partial charge in [-0.15, -0.1) is 0 Å². The molecule has 0 unspecified atom stereocenters. The highest BCUT2D eigenvalue weighted by atomic mass is 16.4. The number of fused-ring (bicyclic) bond motifs is 2. The standard InChI is InChI=1S/C22H16N2O4/c25-20(23-17-10-4-1-7-14(17)22(27)28)13-24-18-11-5-2-8-15(18)21(26)16-9-3-6-12-19(16)24/h1-12H,13H2,(H,23,25)(H,27,28). The van der Waals surface area contributed by atoms with Crippen molar-refractivity contribution in [2.45, 2.75) is 6.54 Å². The maximum absolute atomic E-state index is 12.8. The van der Waals surface area contributed by atoms with E-state index >= 15 is 0 Å². The van der Waals surface area contributed by atoms with Gasteiger partial charge in [0, 0.05) is 10.8 Å². The molecule has 0 aliphatic carbocycles. The van der Waals surface area contributed by atoms with E-state index in [9.17, 15) is 19.5 Å². The fourth-order valence-corrected chi connectivity index (χ4v) is 3.36. The molecule has 0 bridgehead atoms. The summed E-state index contributed by atoms with van der Waals surface area (Å²) in [5, 5.41) is 13.0. The molecular weight excluding hydrogens is 356 g/mol. The molecule has 138 valence electrons. The summed E-state index contributed by atoms with van der Waals surface area (Å²) in [6, 6.07) is 20.5. The molecule has 0 radical (unpaired) electrons. The second-order valence-corrected chi connectivity index (χ2v) is 6.35. The summed E-state index contributed by atoms with van der Waals surface area (Å²) in [5.41, 5.74) is 1.46. The van der Waals surface area contributed by atoms with Gasteiger partial charge in [0.15, 0.2) is 5.43 Å². The molecule has 6 heteroatoms. The molecule has 1 amide bonds. The molecule has 0 aliphatic rings. The minimum absolute atomic E-state index is 0.0190. The van der Waals surface area contributed by atoms with E-state index in [0.29, 0.717) is 21.8 Å². The fraction of sp³-hybridized carbons (Fsp3) is 0.0455. The van der Waals surface area contributed by atoms with Crippen LogP contribution in [0.1, 0.15) is 10.4 Å². The van der Waals surface area contributed by atoms with E-state index in [4.69, 9.17) is 0 Å². The monoisotopic (exact) mass is 372 g/mol. The molecule has 4 aromatic rings. The Hall–Kier alpha value is -3.93. The zero-order valence-corrected chi connectivity index (χ0v) is 14.8. The fourth-order valence-electron chi connectivity index (χ4n) is 3.36. The summed E-state index contributed by atoms with van der Waals surface area (Å²) in [4.78, 5) is 36.8. The SMILES string of the molecule is O=C(Cn1c2ccccc2c(=O)c2ccccc21)Nc1ccccc1C(=O)O. The Labute approximate surface area is 159 Å². The van der Waals surface area contributed by atoms with Crippen LogP contribution in [0.4, 0.5) is 5.69 Å². The van der Waals surface area contributed by atoms with Crippen molar-refractivity contribution in [3.05, 3.63) is 88.6 Å². The van der Waals surface area contributed by atoms with Gasteiger partial charge in [-0.1, -0.05) is 36.4 Å². The highest BCUT2D eigenvalue weighted by molar-refractivity contribution is 6.01.